The Morgan fingerprint density at radius 1 is 0.667 bits per heavy atom. The molecule has 2 aromatic heterocycles. The fourth-order valence-electron chi connectivity index (χ4n) is 3.04. The van der Waals surface area contributed by atoms with Crippen LogP contribution in [0.15, 0.2) is 45.3 Å². The van der Waals surface area contributed by atoms with Gasteiger partial charge in [-0.25, -0.2) is 9.97 Å². The monoisotopic (exact) mass is 1260 g/mol. The number of anilines is 1. The van der Waals surface area contributed by atoms with Crippen LogP contribution in [-0.4, -0.2) is 24.1 Å². The molecule has 0 aliphatic carbocycles. The Bertz CT molecular complexity index is 1470. The van der Waals surface area contributed by atoms with Gasteiger partial charge < -0.3 is 11.1 Å². The van der Waals surface area contributed by atoms with Crippen molar-refractivity contribution >= 4 is 277 Å². The lowest BCUT2D eigenvalue weighted by atomic mass is 10.3. The lowest BCUT2D eigenvalue weighted by Crippen LogP contribution is -1.83. The number of halogens is 3. The molecule has 32 heteroatoms. The topological polar surface area (TPSA) is 63.8 Å². The van der Waals surface area contributed by atoms with Crippen molar-refractivity contribution in [3.63, 3.8) is 0 Å². The van der Waals surface area contributed by atoms with E-state index >= 15 is 0 Å². The molecule has 0 amide bonds. The molecular formula is C16H40Br2ClN4P23S2. The van der Waals surface area contributed by atoms with Crippen LogP contribution in [0.25, 0.3) is 20.4 Å². The minimum absolute atomic E-state index is 0.00774. The molecule has 0 radical (unpaired) electrons. The smallest absolute Gasteiger partial charge is 0.184 e. The highest BCUT2D eigenvalue weighted by Crippen LogP contribution is 3.33. The van der Waals surface area contributed by atoms with E-state index in [-0.39, 0.29) is 69.9 Å². The van der Waals surface area contributed by atoms with E-state index in [0.717, 1.165) is 37.8 Å². The third-order valence-corrected chi connectivity index (χ3v) is 155. The molecule has 3 N–H and O–H groups in total. The first-order valence-electron chi connectivity index (χ1n) is 12.2. The van der Waals surface area contributed by atoms with Crippen molar-refractivity contribution in [3.05, 3.63) is 49.8 Å². The van der Waals surface area contributed by atoms with E-state index in [4.69, 9.17) is 11.6 Å². The van der Waals surface area contributed by atoms with Gasteiger partial charge in [-0.2, -0.15) is 0 Å². The van der Waals surface area contributed by atoms with Crippen LogP contribution in [0.4, 0.5) is 5.13 Å². The van der Waals surface area contributed by atoms with Gasteiger partial charge in [-0.3, -0.25) is 0 Å². The van der Waals surface area contributed by atoms with Crippen LogP contribution < -0.4 is 11.1 Å². The van der Waals surface area contributed by atoms with E-state index in [9.17, 15) is 0 Å². The van der Waals surface area contributed by atoms with Crippen LogP contribution in [0, 0.1) is 0 Å². The van der Waals surface area contributed by atoms with E-state index < -0.39 is 0 Å². The number of nitrogens with one attached hydrogen (secondary N) is 1. The second kappa shape index (κ2) is 30.2. The first-order valence-corrected chi connectivity index (χ1v) is 57.1. The van der Waals surface area contributed by atoms with Crippen molar-refractivity contribution in [2.45, 2.75) is 0 Å². The largest absolute Gasteiger partial charge is 0.365 e. The summed E-state index contributed by atoms with van der Waals surface area (Å²) in [5.74, 6) is 0. The van der Waals surface area contributed by atoms with Crippen molar-refractivity contribution in [3.8, 4) is 0 Å². The number of thiazole rings is 2. The van der Waals surface area contributed by atoms with Crippen molar-refractivity contribution in [2.75, 3.05) is 19.4 Å². The van der Waals surface area contributed by atoms with E-state index in [1.54, 1.807) is 11.3 Å². The predicted molar refractivity (Wildman–Crippen MR) is 313 cm³/mol. The number of nitrogens with zero attached hydrogens (tertiary/aromatic N) is 2. The molecule has 0 fully saturated rings. The van der Waals surface area contributed by atoms with Crippen molar-refractivity contribution in [1.82, 2.24) is 9.97 Å². The van der Waals surface area contributed by atoms with Gasteiger partial charge in [-0.1, -0.05) is 62.8 Å². The maximum absolute atomic E-state index is 5.73. The summed E-state index contributed by atoms with van der Waals surface area (Å²) in [6.45, 7) is 0.655. The summed E-state index contributed by atoms with van der Waals surface area (Å²) >= 11 is 15.7. The number of hydrogen-bond donors (Lipinski definition) is 2. The maximum Gasteiger partial charge on any atom is 0.184 e. The molecule has 4 rings (SSSR count). The van der Waals surface area contributed by atoms with Gasteiger partial charge in [-0.15, -0.1) is 118 Å². The molecule has 0 aliphatic heterocycles. The van der Waals surface area contributed by atoms with E-state index in [2.05, 4.69) is 166 Å². The van der Waals surface area contributed by atoms with Crippen LogP contribution >= 0.6 is 251 Å². The molecule has 0 saturated heterocycles. The molecule has 0 saturated carbocycles. The van der Waals surface area contributed by atoms with Crippen LogP contribution in [0.3, 0.4) is 0 Å². The van der Waals surface area contributed by atoms with Crippen molar-refractivity contribution in [1.29, 1.82) is 0 Å². The second-order valence-electron chi connectivity index (χ2n) is 7.91. The van der Waals surface area contributed by atoms with Gasteiger partial charge in [0.25, 0.3) is 0 Å². The minimum atomic E-state index is 0.00774. The molecule has 2 aromatic carbocycles. The number of fused-ring (bicyclic) bond motifs is 2. The number of benzene rings is 2. The molecule has 4 nitrogen and oxygen atoms in total. The third kappa shape index (κ3) is 19.4. The summed E-state index contributed by atoms with van der Waals surface area (Å²) in [6, 6.07) is 12.0. The van der Waals surface area contributed by atoms with E-state index in [1.807, 2.05) is 37.4 Å². The van der Waals surface area contributed by atoms with E-state index in [0.29, 0.717) is 4.47 Å². The highest BCUT2D eigenvalue weighted by molar-refractivity contribution is 9.39. The molecule has 15 atom stereocenters. The zero-order valence-corrected chi connectivity index (χ0v) is 54.6. The summed E-state index contributed by atoms with van der Waals surface area (Å²) in [5, 5.41) is 3.99. The SMILES string of the molecule is CN.CNc1nc2ccc(Br)cc2s1.Clc1nc2ccc(Br)cc2s1.PPP(P)P(P(P)P)P(P(P(P)P)P(P)P)P(P(P)P)P(P)P. The Balaban J connectivity index is 0.000000381. The lowest BCUT2D eigenvalue weighted by Gasteiger charge is -2.47. The van der Waals surface area contributed by atoms with Gasteiger partial charge in [-0.05, 0) is 113 Å². The standard InChI is InChI=1S/C8H7BrN2S.C7H3BrClNS.CH5N.H25P23/c1-10-8-11-6-3-2-5(9)4-7(6)12-8;8-4-1-2-5-6(3-4)11-7(9)10-5;1-2;1-13-19(12)22(18(10)11)23(20(14(2)3)15(4)5)21(16(6)7)17(8)9/h2-4H,1H3,(H,10,11);1-3H;2H2,1H3;13H,1-12H2. The summed E-state index contributed by atoms with van der Waals surface area (Å²) in [7, 11) is 42.9. The fraction of sp³-hybridized carbons (Fsp3) is 0.125. The van der Waals surface area contributed by atoms with Gasteiger partial charge in [0.1, 0.15) is 0 Å². The second-order valence-corrected chi connectivity index (χ2v) is 102. The van der Waals surface area contributed by atoms with Gasteiger partial charge in [0, 0.05) is 16.0 Å². The van der Waals surface area contributed by atoms with Crippen LogP contribution in [0.5, 0.6) is 0 Å². The van der Waals surface area contributed by atoms with Crippen LogP contribution in [0.2, 0.25) is 4.47 Å². The average Bonchev–Trinajstić information content (AvgIpc) is 3.59. The van der Waals surface area contributed by atoms with Gasteiger partial charge in [0.05, 0.1) is 20.4 Å². The summed E-state index contributed by atoms with van der Waals surface area (Å²) < 4.78 is 5.07. The number of aromatic nitrogens is 2. The zero-order valence-electron chi connectivity index (χ0n) is 25.3. The number of hydrogen-bond acceptors (Lipinski definition) is 6. The molecule has 2 heterocycles. The van der Waals surface area contributed by atoms with E-state index in [1.165, 1.54) is 23.1 Å². The Morgan fingerprint density at radius 2 is 1.06 bits per heavy atom. The summed E-state index contributed by atoms with van der Waals surface area (Å²) in [6.07, 6.45) is 0. The average molecular weight is 1260 g/mol. The highest BCUT2D eigenvalue weighted by Gasteiger charge is 2.45. The highest BCUT2D eigenvalue weighted by atomic mass is 79.9. The molecule has 48 heavy (non-hydrogen) atoms. The van der Waals surface area contributed by atoms with Gasteiger partial charge >= 0.3 is 0 Å². The van der Waals surface area contributed by atoms with Crippen LogP contribution in [0.1, 0.15) is 0 Å². The first kappa shape index (κ1) is 55.1. The third-order valence-electron chi connectivity index (χ3n) is 4.73. The van der Waals surface area contributed by atoms with Crippen molar-refractivity contribution in [2.24, 2.45) is 5.73 Å². The molecular weight excluding hydrogens is 1220 g/mol. The van der Waals surface area contributed by atoms with Crippen LogP contribution in [-0.2, 0) is 0 Å². The number of rotatable bonds is 11. The fourth-order valence-corrected chi connectivity index (χ4v) is 288. The Labute approximate surface area is 357 Å². The molecule has 0 spiro atoms. The maximum atomic E-state index is 5.73. The molecule has 272 valence electrons. The Morgan fingerprint density at radius 3 is 1.44 bits per heavy atom. The van der Waals surface area contributed by atoms with Gasteiger partial charge in [0.2, 0.25) is 0 Å². The summed E-state index contributed by atoms with van der Waals surface area (Å²) in [4.78, 5) is 8.48. The number of nitrogens with two attached hydrogens (primary N) is 1. The molecule has 4 aromatic rings. The molecule has 15 unspecified atom stereocenters. The Kier molecular flexibility index (Phi) is 34.7. The molecule has 0 aliphatic rings. The van der Waals surface area contributed by atoms with Gasteiger partial charge in [0.15, 0.2) is 9.60 Å². The minimum Gasteiger partial charge on any atom is -0.365 e. The molecule has 0 bridgehead atoms. The Hall–Kier alpha value is 9.12. The van der Waals surface area contributed by atoms with Crippen molar-refractivity contribution < 1.29 is 0 Å². The first-order chi connectivity index (χ1) is 22.5. The zero-order chi connectivity index (χ0) is 36.9. The predicted octanol–water partition coefficient (Wildman–Crippen LogP) is 19.5. The normalized spacial score (nSPS) is 13.2. The lowest BCUT2D eigenvalue weighted by molar-refractivity contribution is 1.41. The quantitative estimate of drug-likeness (QED) is 0.147. The summed E-state index contributed by atoms with van der Waals surface area (Å²) in [5.41, 5.74) is 6.51.